The van der Waals surface area contributed by atoms with Crippen LogP contribution in [-0.4, -0.2) is 29.9 Å². The second-order valence-corrected chi connectivity index (χ2v) is 10.6. The molecular formula is C21H32O3S. The normalized spacial score (nSPS) is 51.6. The third-order valence-electron chi connectivity index (χ3n) is 8.82. The molecule has 0 heterocycles. The fourth-order valence-electron chi connectivity index (χ4n) is 7.79. The van der Waals surface area contributed by atoms with Crippen molar-refractivity contribution in [3.05, 3.63) is 0 Å². The predicted octanol–water partition coefficient (Wildman–Crippen LogP) is 4.48. The van der Waals surface area contributed by atoms with Gasteiger partial charge >= 0.3 is 0 Å². The van der Waals surface area contributed by atoms with Crippen LogP contribution in [-0.2, 0) is 14.3 Å². The molecule has 0 aliphatic heterocycles. The van der Waals surface area contributed by atoms with Crippen LogP contribution in [0.4, 0.5) is 0 Å². The molecule has 0 amide bonds. The lowest BCUT2D eigenvalue weighted by molar-refractivity contribution is -0.215. The van der Waals surface area contributed by atoms with E-state index >= 15 is 0 Å². The standard InChI is InChI=1S/C21H32O3S/c1-19-7-4-8-20(2,24-13-22)16(19)6-10-21-9-5-14(11-17(19)21)15(12-25-3)18(21)23/h13-17H,4-12H2,1-3H3/t14-,15+,16-,17-,19+,20+,21-/m0/s1. The minimum Gasteiger partial charge on any atom is -0.461 e. The predicted molar refractivity (Wildman–Crippen MR) is 100 cm³/mol. The number of thioether (sulfide) groups is 1. The smallest absolute Gasteiger partial charge is 0.293 e. The molecule has 5 aliphatic carbocycles. The van der Waals surface area contributed by atoms with Crippen molar-refractivity contribution in [1.82, 2.24) is 0 Å². The third kappa shape index (κ3) is 2.31. The first kappa shape index (κ1) is 17.9. The van der Waals surface area contributed by atoms with Crippen LogP contribution in [0.25, 0.3) is 0 Å². The summed E-state index contributed by atoms with van der Waals surface area (Å²) in [4.78, 5) is 24.7. The first-order valence-corrected chi connectivity index (χ1v) is 11.5. The van der Waals surface area contributed by atoms with Crippen molar-refractivity contribution in [3.8, 4) is 0 Å². The van der Waals surface area contributed by atoms with Gasteiger partial charge in [-0.3, -0.25) is 9.59 Å². The van der Waals surface area contributed by atoms with Crippen LogP contribution in [0.5, 0.6) is 0 Å². The van der Waals surface area contributed by atoms with Crippen molar-refractivity contribution in [3.63, 3.8) is 0 Å². The van der Waals surface area contributed by atoms with Crippen LogP contribution in [0.2, 0.25) is 0 Å². The van der Waals surface area contributed by atoms with Gasteiger partial charge in [-0.05, 0) is 81.8 Å². The van der Waals surface area contributed by atoms with E-state index in [0.29, 0.717) is 35.9 Å². The van der Waals surface area contributed by atoms with Gasteiger partial charge in [-0.2, -0.15) is 11.8 Å². The van der Waals surface area contributed by atoms with E-state index in [2.05, 4.69) is 20.1 Å². The first-order valence-electron chi connectivity index (χ1n) is 10.1. The number of ether oxygens (including phenoxy) is 1. The summed E-state index contributed by atoms with van der Waals surface area (Å²) in [6.07, 6.45) is 11.0. The number of carbonyl (C=O) groups excluding carboxylic acids is 2. The Morgan fingerprint density at radius 3 is 2.64 bits per heavy atom. The molecular weight excluding hydrogens is 332 g/mol. The van der Waals surface area contributed by atoms with E-state index < -0.39 is 0 Å². The molecule has 0 aromatic rings. The highest BCUT2D eigenvalue weighted by Crippen LogP contribution is 2.70. The number of ketones is 1. The Bertz CT molecular complexity index is 577. The van der Waals surface area contributed by atoms with Crippen LogP contribution in [0, 0.1) is 34.5 Å². The van der Waals surface area contributed by atoms with Gasteiger partial charge < -0.3 is 4.74 Å². The average Bonchev–Trinajstić information content (AvgIpc) is 2.58. The molecule has 5 fully saturated rings. The Morgan fingerprint density at radius 1 is 1.16 bits per heavy atom. The lowest BCUT2D eigenvalue weighted by Gasteiger charge is -2.67. The van der Waals surface area contributed by atoms with Gasteiger partial charge in [-0.15, -0.1) is 0 Å². The fraction of sp³-hybridized carbons (Fsp3) is 0.905. The highest BCUT2D eigenvalue weighted by Gasteiger charge is 2.68. The van der Waals surface area contributed by atoms with Crippen LogP contribution < -0.4 is 0 Å². The quantitative estimate of drug-likeness (QED) is 0.690. The zero-order chi connectivity index (χ0) is 17.9. The monoisotopic (exact) mass is 364 g/mol. The number of hydrogen-bond acceptors (Lipinski definition) is 4. The number of hydrogen-bond donors (Lipinski definition) is 0. The van der Waals surface area contributed by atoms with Crippen LogP contribution in [0.15, 0.2) is 0 Å². The summed E-state index contributed by atoms with van der Waals surface area (Å²) in [6.45, 7) is 5.22. The minimum absolute atomic E-state index is 0.0696. The van der Waals surface area contributed by atoms with Crippen molar-refractivity contribution in [2.24, 2.45) is 34.5 Å². The number of rotatable bonds is 4. The van der Waals surface area contributed by atoms with Gasteiger partial charge in [0.25, 0.3) is 6.47 Å². The Morgan fingerprint density at radius 2 is 1.92 bits per heavy atom. The van der Waals surface area contributed by atoms with E-state index in [9.17, 15) is 9.59 Å². The maximum Gasteiger partial charge on any atom is 0.293 e. The molecule has 2 bridgehead atoms. The van der Waals surface area contributed by atoms with E-state index in [1.807, 2.05) is 11.8 Å². The number of Topliss-reactive ketones (excluding diaryl/α,β-unsaturated/α-hetero) is 1. The molecule has 25 heavy (non-hydrogen) atoms. The lowest BCUT2D eigenvalue weighted by Crippen LogP contribution is -2.66. The lowest BCUT2D eigenvalue weighted by atomic mass is 9.37. The summed E-state index contributed by atoms with van der Waals surface area (Å²) in [5.41, 5.74) is -0.262. The molecule has 4 heteroatoms. The second-order valence-electron chi connectivity index (χ2n) is 9.65. The van der Waals surface area contributed by atoms with Gasteiger partial charge in [-0.25, -0.2) is 0 Å². The van der Waals surface area contributed by atoms with Gasteiger partial charge in [0.15, 0.2) is 0 Å². The molecule has 3 nitrogen and oxygen atoms in total. The maximum absolute atomic E-state index is 13.5. The Balaban J connectivity index is 1.71. The molecule has 5 saturated carbocycles. The summed E-state index contributed by atoms with van der Waals surface area (Å²) >= 11 is 1.84. The highest BCUT2D eigenvalue weighted by atomic mass is 32.2. The van der Waals surface area contributed by atoms with Crippen LogP contribution in [0.1, 0.15) is 65.2 Å². The Labute approximate surface area is 156 Å². The van der Waals surface area contributed by atoms with Crippen molar-refractivity contribution < 1.29 is 14.3 Å². The Kier molecular flexibility index (Phi) is 4.29. The summed E-state index contributed by atoms with van der Waals surface area (Å²) in [5, 5.41) is 0. The SMILES string of the molecule is CSC[C@H]1C(=O)[C@]23CC[C@H]1C[C@H]2[C@]1(C)CCC[C@@](C)(OC=O)[C@H]1CC3. The second kappa shape index (κ2) is 6.00. The van der Waals surface area contributed by atoms with Gasteiger partial charge in [0.1, 0.15) is 11.4 Å². The summed E-state index contributed by atoms with van der Waals surface area (Å²) in [6, 6.07) is 0. The first-order chi connectivity index (χ1) is 11.9. The van der Waals surface area contributed by atoms with Crippen molar-refractivity contribution in [2.45, 2.75) is 70.8 Å². The topological polar surface area (TPSA) is 43.4 Å². The number of carbonyl (C=O) groups is 2. The molecule has 140 valence electrons. The van der Waals surface area contributed by atoms with Gasteiger partial charge in [0.2, 0.25) is 0 Å². The van der Waals surface area contributed by atoms with Crippen molar-refractivity contribution in [1.29, 1.82) is 0 Å². The van der Waals surface area contributed by atoms with Crippen molar-refractivity contribution >= 4 is 24.0 Å². The summed E-state index contributed by atoms with van der Waals surface area (Å²) < 4.78 is 5.68. The zero-order valence-electron chi connectivity index (χ0n) is 15.9. The van der Waals surface area contributed by atoms with E-state index in [1.165, 1.54) is 19.3 Å². The molecule has 0 saturated heterocycles. The molecule has 0 radical (unpaired) electrons. The number of fused-ring (bicyclic) bond motifs is 3. The average molecular weight is 365 g/mol. The molecule has 5 rings (SSSR count). The largest absolute Gasteiger partial charge is 0.461 e. The van der Waals surface area contributed by atoms with Gasteiger partial charge in [-0.1, -0.05) is 6.92 Å². The van der Waals surface area contributed by atoms with Gasteiger partial charge in [0, 0.05) is 23.0 Å². The zero-order valence-corrected chi connectivity index (χ0v) is 16.7. The van der Waals surface area contributed by atoms with E-state index in [-0.39, 0.29) is 16.4 Å². The van der Waals surface area contributed by atoms with Crippen LogP contribution >= 0.6 is 11.8 Å². The maximum atomic E-state index is 13.5. The van der Waals surface area contributed by atoms with E-state index in [1.54, 1.807) is 0 Å². The van der Waals surface area contributed by atoms with E-state index in [4.69, 9.17) is 4.74 Å². The molecule has 5 aliphatic rings. The minimum atomic E-state index is -0.339. The molecule has 1 spiro atoms. The van der Waals surface area contributed by atoms with Crippen LogP contribution in [0.3, 0.4) is 0 Å². The summed E-state index contributed by atoms with van der Waals surface area (Å²) in [7, 11) is 0. The summed E-state index contributed by atoms with van der Waals surface area (Å²) in [5.74, 6) is 3.38. The molecule has 7 atom stereocenters. The molecule has 0 aromatic carbocycles. The highest BCUT2D eigenvalue weighted by molar-refractivity contribution is 7.98. The molecule has 0 aromatic heterocycles. The molecule has 0 N–H and O–H groups in total. The van der Waals surface area contributed by atoms with Crippen molar-refractivity contribution in [2.75, 3.05) is 12.0 Å². The van der Waals surface area contributed by atoms with E-state index in [0.717, 1.165) is 37.9 Å². The Hall–Kier alpha value is -0.510. The third-order valence-corrected chi connectivity index (χ3v) is 9.52. The fourth-order valence-corrected chi connectivity index (χ4v) is 8.58. The van der Waals surface area contributed by atoms with Gasteiger partial charge in [0.05, 0.1) is 0 Å². The molecule has 0 unspecified atom stereocenters.